The number of aromatic nitrogens is 1. The third-order valence-corrected chi connectivity index (χ3v) is 3.02. The van der Waals surface area contributed by atoms with Crippen molar-refractivity contribution in [2.45, 2.75) is 26.1 Å². The summed E-state index contributed by atoms with van der Waals surface area (Å²) in [5, 5.41) is -0.241. The van der Waals surface area contributed by atoms with Gasteiger partial charge in [-0.3, -0.25) is 0 Å². The molecule has 1 radical (unpaired) electrons. The maximum atomic E-state index is 12.6. The van der Waals surface area contributed by atoms with Gasteiger partial charge in [0.25, 0.3) is 0 Å². The molecule has 0 aliphatic rings. The topological polar surface area (TPSA) is 31.4 Å². The lowest BCUT2D eigenvalue weighted by Gasteiger charge is -2.14. The Morgan fingerprint density at radius 2 is 1.91 bits per heavy atom. The second kappa shape index (κ2) is 6.66. The van der Waals surface area contributed by atoms with Gasteiger partial charge in [0.2, 0.25) is 5.88 Å². The molecule has 2 aromatic rings. The van der Waals surface area contributed by atoms with Crippen LogP contribution in [0.5, 0.6) is 17.4 Å². The molecule has 1 aromatic carbocycles. The molecule has 3 nitrogen and oxygen atoms in total. The molecule has 0 saturated carbocycles. The van der Waals surface area contributed by atoms with Gasteiger partial charge in [0.05, 0.1) is 11.7 Å². The number of hydrogen-bond donors (Lipinski definition) is 0. The number of ether oxygens (including phenoxy) is 2. The summed E-state index contributed by atoms with van der Waals surface area (Å²) in [6, 6.07) is 5.74. The molecule has 23 heavy (non-hydrogen) atoms. The van der Waals surface area contributed by atoms with E-state index in [4.69, 9.17) is 21.1 Å². The van der Waals surface area contributed by atoms with Crippen LogP contribution in [0.1, 0.15) is 25.0 Å². The van der Waals surface area contributed by atoms with Crippen LogP contribution in [0, 0.1) is 6.92 Å². The van der Waals surface area contributed by atoms with E-state index in [1.54, 1.807) is 18.2 Å². The third-order valence-electron chi connectivity index (χ3n) is 2.75. The molecule has 0 aliphatic carbocycles. The fraction of sp³-hybridized carbons (Fsp3) is 0.250. The fourth-order valence-electron chi connectivity index (χ4n) is 1.74. The SMILES string of the molecule is [CH2]c1ccc(OC(C)C)cc1Oc1ncc(C(F)(F)F)cc1Cl. The van der Waals surface area contributed by atoms with Crippen LogP contribution in [-0.2, 0) is 6.18 Å². The van der Waals surface area contributed by atoms with E-state index >= 15 is 0 Å². The molecule has 0 unspecified atom stereocenters. The number of halogens is 4. The lowest BCUT2D eigenvalue weighted by atomic mass is 10.2. The molecule has 0 saturated heterocycles. The molecule has 123 valence electrons. The first kappa shape index (κ1) is 17.4. The Kier molecular flexibility index (Phi) is 5.04. The number of pyridine rings is 1. The summed E-state index contributed by atoms with van der Waals surface area (Å²) >= 11 is 5.82. The molecule has 0 atom stereocenters. The van der Waals surface area contributed by atoms with Gasteiger partial charge >= 0.3 is 6.18 Å². The normalized spacial score (nSPS) is 11.7. The van der Waals surface area contributed by atoms with Gasteiger partial charge in [-0.05, 0) is 38.5 Å². The van der Waals surface area contributed by atoms with Crippen molar-refractivity contribution >= 4 is 11.6 Å². The Morgan fingerprint density at radius 1 is 1.22 bits per heavy atom. The standard InChI is InChI=1S/C16H14ClF3NO2/c1-9(2)22-12-5-4-10(3)14(7-12)23-15-13(17)6-11(8-21-15)16(18,19)20/h4-9H,3H2,1-2H3. The highest BCUT2D eigenvalue weighted by Gasteiger charge is 2.31. The average molecular weight is 345 g/mol. The van der Waals surface area contributed by atoms with E-state index < -0.39 is 11.7 Å². The molecule has 0 spiro atoms. The molecule has 0 bridgehead atoms. The van der Waals surface area contributed by atoms with E-state index in [1.165, 1.54) is 0 Å². The maximum Gasteiger partial charge on any atom is 0.417 e. The third kappa shape index (κ3) is 4.51. The van der Waals surface area contributed by atoms with Crippen LogP contribution in [0.25, 0.3) is 0 Å². The van der Waals surface area contributed by atoms with E-state index in [2.05, 4.69) is 11.9 Å². The number of rotatable bonds is 4. The number of alkyl halides is 3. The van der Waals surface area contributed by atoms with Crippen molar-refractivity contribution in [3.63, 3.8) is 0 Å². The van der Waals surface area contributed by atoms with Gasteiger partial charge in [0, 0.05) is 12.3 Å². The van der Waals surface area contributed by atoms with Crippen LogP contribution in [0.4, 0.5) is 13.2 Å². The molecular formula is C16H14ClF3NO2. The van der Waals surface area contributed by atoms with E-state index in [-0.39, 0.29) is 17.0 Å². The van der Waals surface area contributed by atoms with Crippen LogP contribution >= 0.6 is 11.6 Å². The van der Waals surface area contributed by atoms with Crippen molar-refractivity contribution in [1.29, 1.82) is 0 Å². The van der Waals surface area contributed by atoms with Crippen molar-refractivity contribution < 1.29 is 22.6 Å². The fourth-order valence-corrected chi connectivity index (χ4v) is 1.94. The molecule has 2 rings (SSSR count). The molecule has 7 heteroatoms. The summed E-state index contributed by atoms with van der Waals surface area (Å²) in [5.41, 5.74) is -0.416. The Balaban J connectivity index is 2.28. The molecule has 0 aliphatic heterocycles. The van der Waals surface area contributed by atoms with Gasteiger partial charge in [-0.25, -0.2) is 4.98 Å². The number of nitrogens with zero attached hydrogens (tertiary/aromatic N) is 1. The maximum absolute atomic E-state index is 12.6. The smallest absolute Gasteiger partial charge is 0.417 e. The first-order valence-corrected chi connectivity index (χ1v) is 7.08. The summed E-state index contributed by atoms with van der Waals surface area (Å²) in [6.45, 7) is 7.53. The van der Waals surface area contributed by atoms with Gasteiger partial charge in [0.1, 0.15) is 16.5 Å². The minimum absolute atomic E-state index is 0.0358. The quantitative estimate of drug-likeness (QED) is 0.732. The van der Waals surface area contributed by atoms with Crippen LogP contribution in [-0.4, -0.2) is 11.1 Å². The molecule has 0 fully saturated rings. The predicted octanol–water partition coefficient (Wildman–Crippen LogP) is 5.52. The van der Waals surface area contributed by atoms with Gasteiger partial charge in [-0.2, -0.15) is 13.2 Å². The average Bonchev–Trinajstić information content (AvgIpc) is 2.43. The highest BCUT2D eigenvalue weighted by Crippen LogP contribution is 2.36. The van der Waals surface area contributed by atoms with E-state index in [9.17, 15) is 13.2 Å². The van der Waals surface area contributed by atoms with Gasteiger partial charge in [-0.15, -0.1) is 0 Å². The molecule has 0 N–H and O–H groups in total. The van der Waals surface area contributed by atoms with E-state index in [1.807, 2.05) is 13.8 Å². The predicted molar refractivity (Wildman–Crippen MR) is 81.0 cm³/mol. The van der Waals surface area contributed by atoms with Crippen molar-refractivity contribution in [3.8, 4) is 17.4 Å². The van der Waals surface area contributed by atoms with Crippen LogP contribution in [0.3, 0.4) is 0 Å². The Bertz CT molecular complexity index is 702. The minimum atomic E-state index is -4.52. The van der Waals surface area contributed by atoms with Crippen LogP contribution < -0.4 is 9.47 Å². The Labute approximate surface area is 137 Å². The zero-order chi connectivity index (χ0) is 17.2. The van der Waals surface area contributed by atoms with Gasteiger partial charge < -0.3 is 9.47 Å². The van der Waals surface area contributed by atoms with E-state index in [0.29, 0.717) is 23.3 Å². The molecule has 0 amide bonds. The van der Waals surface area contributed by atoms with Crippen molar-refractivity contribution in [2.24, 2.45) is 0 Å². The van der Waals surface area contributed by atoms with Gasteiger partial charge in [0.15, 0.2) is 0 Å². The first-order valence-electron chi connectivity index (χ1n) is 6.70. The molecular weight excluding hydrogens is 331 g/mol. The monoisotopic (exact) mass is 344 g/mol. The van der Waals surface area contributed by atoms with Gasteiger partial charge in [-0.1, -0.05) is 17.7 Å². The first-order chi connectivity index (χ1) is 10.7. The van der Waals surface area contributed by atoms with Crippen LogP contribution in [0.2, 0.25) is 5.02 Å². The van der Waals surface area contributed by atoms with Crippen molar-refractivity contribution in [3.05, 3.63) is 53.5 Å². The summed E-state index contributed by atoms with van der Waals surface area (Å²) in [7, 11) is 0. The summed E-state index contributed by atoms with van der Waals surface area (Å²) in [6.07, 6.45) is -3.89. The summed E-state index contributed by atoms with van der Waals surface area (Å²) in [5.74, 6) is 0.717. The zero-order valence-electron chi connectivity index (χ0n) is 12.4. The second-order valence-corrected chi connectivity index (χ2v) is 5.45. The summed E-state index contributed by atoms with van der Waals surface area (Å²) < 4.78 is 48.8. The molecule has 1 aromatic heterocycles. The lowest BCUT2D eigenvalue weighted by Crippen LogP contribution is -2.06. The van der Waals surface area contributed by atoms with Crippen molar-refractivity contribution in [1.82, 2.24) is 4.98 Å². The number of benzene rings is 1. The number of hydrogen-bond acceptors (Lipinski definition) is 3. The lowest BCUT2D eigenvalue weighted by molar-refractivity contribution is -0.137. The minimum Gasteiger partial charge on any atom is -0.491 e. The van der Waals surface area contributed by atoms with Crippen molar-refractivity contribution in [2.75, 3.05) is 0 Å². The Hall–Kier alpha value is -1.95. The van der Waals surface area contributed by atoms with E-state index in [0.717, 1.165) is 6.07 Å². The largest absolute Gasteiger partial charge is 0.491 e. The highest BCUT2D eigenvalue weighted by atomic mass is 35.5. The summed E-state index contributed by atoms with van der Waals surface area (Å²) in [4.78, 5) is 3.63. The molecule has 1 heterocycles. The van der Waals surface area contributed by atoms with Crippen LogP contribution in [0.15, 0.2) is 30.5 Å². The highest BCUT2D eigenvalue weighted by molar-refractivity contribution is 6.31. The zero-order valence-corrected chi connectivity index (χ0v) is 13.2. The Morgan fingerprint density at radius 3 is 2.48 bits per heavy atom. The second-order valence-electron chi connectivity index (χ2n) is 5.05.